The topological polar surface area (TPSA) is 188 Å². The molecule has 0 saturated carbocycles. The Kier molecular flexibility index (Phi) is 6.03. The molecule has 0 amide bonds. The Hall–Kier alpha value is -5.05. The number of nitrogens with zero attached hydrogens (tertiary/aromatic N) is 6. The normalized spacial score (nSPS) is 11.2. The molecule has 4 aromatic rings. The van der Waals surface area contributed by atoms with Gasteiger partial charge in [-0.3, -0.25) is 10.1 Å². The lowest BCUT2D eigenvalue weighted by Gasteiger charge is -2.07. The van der Waals surface area contributed by atoms with E-state index in [1.807, 2.05) is 12.1 Å². The molecule has 4 rings (SSSR count). The molecule has 33 heavy (non-hydrogen) atoms. The fraction of sp³-hybridized carbons (Fsp3) is 0.0952. The van der Waals surface area contributed by atoms with Crippen molar-refractivity contribution < 1.29 is 4.92 Å². The van der Waals surface area contributed by atoms with Crippen LogP contribution >= 0.6 is 0 Å². The van der Waals surface area contributed by atoms with Crippen LogP contribution in [-0.2, 0) is 0 Å². The predicted octanol–water partition coefficient (Wildman–Crippen LogP) is 2.24. The molecule has 0 fully saturated rings. The first-order valence-corrected chi connectivity index (χ1v) is 9.80. The van der Waals surface area contributed by atoms with E-state index in [0.29, 0.717) is 41.6 Å². The maximum Gasteiger partial charge on any atom is 0.311 e. The van der Waals surface area contributed by atoms with Crippen molar-refractivity contribution in [2.75, 3.05) is 24.1 Å². The molecule has 0 aliphatic rings. The number of nitrogen functional groups attached to an aromatic ring is 1. The molecule has 3 heterocycles. The number of hydrogen-bond acceptors (Lipinski definition) is 9. The Balaban J connectivity index is 1.55. The first-order chi connectivity index (χ1) is 16.0. The summed E-state index contributed by atoms with van der Waals surface area (Å²) in [6, 6.07) is 12.0. The van der Waals surface area contributed by atoms with Gasteiger partial charge in [0, 0.05) is 36.8 Å². The zero-order valence-electron chi connectivity index (χ0n) is 17.2. The highest BCUT2D eigenvalue weighted by molar-refractivity contribution is 5.76. The fourth-order valence-electron chi connectivity index (χ4n) is 3.07. The Bertz CT molecular complexity index is 1390. The average Bonchev–Trinajstić information content (AvgIpc) is 3.36. The van der Waals surface area contributed by atoms with Crippen molar-refractivity contribution in [3.63, 3.8) is 0 Å². The number of nitro groups is 1. The molecule has 12 nitrogen and oxygen atoms in total. The minimum absolute atomic E-state index is 0.155. The summed E-state index contributed by atoms with van der Waals surface area (Å²) in [7, 11) is 0. The van der Waals surface area contributed by atoms with Gasteiger partial charge in [-0.25, -0.2) is 19.9 Å². The summed E-state index contributed by atoms with van der Waals surface area (Å²) in [5.74, 6) is 0.905. The molecule has 0 bridgehead atoms. The van der Waals surface area contributed by atoms with E-state index in [-0.39, 0.29) is 11.5 Å². The molecular formula is C21H18N10O2. The van der Waals surface area contributed by atoms with Crippen molar-refractivity contribution in [1.82, 2.24) is 24.9 Å². The monoisotopic (exact) mass is 442 g/mol. The molecule has 0 saturated heterocycles. The van der Waals surface area contributed by atoms with Crippen LogP contribution < -0.4 is 16.7 Å². The van der Waals surface area contributed by atoms with E-state index in [2.05, 4.69) is 41.3 Å². The number of rotatable bonds is 7. The zero-order valence-corrected chi connectivity index (χ0v) is 17.2. The molecule has 0 aliphatic heterocycles. The van der Waals surface area contributed by atoms with E-state index in [4.69, 9.17) is 11.0 Å². The van der Waals surface area contributed by atoms with Gasteiger partial charge in [0.15, 0.2) is 0 Å². The molecule has 1 aromatic carbocycles. The molecule has 0 spiro atoms. The van der Waals surface area contributed by atoms with Crippen LogP contribution in [0.3, 0.4) is 0 Å². The summed E-state index contributed by atoms with van der Waals surface area (Å²) in [5.41, 5.74) is 8.55. The van der Waals surface area contributed by atoms with Crippen LogP contribution in [0.15, 0.2) is 60.0 Å². The van der Waals surface area contributed by atoms with E-state index < -0.39 is 4.92 Å². The summed E-state index contributed by atoms with van der Waals surface area (Å²) in [6.45, 7) is 0.765. The molecule has 5 N–H and O–H groups in total. The van der Waals surface area contributed by atoms with Crippen LogP contribution in [0.5, 0.6) is 0 Å². The summed E-state index contributed by atoms with van der Waals surface area (Å²) < 4.78 is 0. The van der Waals surface area contributed by atoms with Gasteiger partial charge in [-0.05, 0) is 18.2 Å². The lowest BCUT2D eigenvalue weighted by molar-refractivity contribution is -0.384. The van der Waals surface area contributed by atoms with E-state index in [0.717, 1.165) is 11.1 Å². The van der Waals surface area contributed by atoms with Crippen LogP contribution in [0.1, 0.15) is 5.56 Å². The number of anilines is 2. The summed E-state index contributed by atoms with van der Waals surface area (Å²) in [4.78, 5) is 33.7. The Morgan fingerprint density at radius 3 is 2.67 bits per heavy atom. The molecular weight excluding hydrogens is 424 g/mol. The number of imidazole rings is 1. The number of aromatic amines is 2. The van der Waals surface area contributed by atoms with E-state index in [1.54, 1.807) is 30.7 Å². The largest absolute Gasteiger partial charge is 0.378 e. The van der Waals surface area contributed by atoms with Gasteiger partial charge in [0.2, 0.25) is 11.4 Å². The number of nitrogens with one attached hydrogen (secondary N) is 3. The minimum atomic E-state index is -0.583. The van der Waals surface area contributed by atoms with Crippen LogP contribution in [0.4, 0.5) is 17.3 Å². The average molecular weight is 442 g/mol. The number of nitriles is 1. The first-order valence-electron chi connectivity index (χ1n) is 9.80. The van der Waals surface area contributed by atoms with Gasteiger partial charge in [0.1, 0.15) is 11.6 Å². The van der Waals surface area contributed by atoms with E-state index in [9.17, 15) is 10.1 Å². The molecule has 0 unspecified atom stereocenters. The highest BCUT2D eigenvalue weighted by Gasteiger charge is 2.13. The van der Waals surface area contributed by atoms with Crippen molar-refractivity contribution in [3.8, 4) is 28.7 Å². The number of benzene rings is 1. The number of H-pyrrole nitrogens is 2. The molecule has 12 heteroatoms. The Morgan fingerprint density at radius 1 is 1.18 bits per heavy atom. The predicted molar refractivity (Wildman–Crippen MR) is 121 cm³/mol. The lowest BCUT2D eigenvalue weighted by atomic mass is 10.1. The summed E-state index contributed by atoms with van der Waals surface area (Å²) >= 11 is 0. The number of hydrogen-bond donors (Lipinski definition) is 4. The standard InChI is InChI=1S/C21H18N10O2/c22-11-13-1-3-14(4-2-13)18-15(20-25-8-9-26-20)12-28-21(30-18)27-10-7-24-17-6-5-16(31(32)33)19(23)29-17/h1-6,8-9,12H,7,10H2,(H,25,26)(H3,23,24,29)(H,27,28,30). The second-order valence-electron chi connectivity index (χ2n) is 6.78. The first kappa shape index (κ1) is 21.2. The summed E-state index contributed by atoms with van der Waals surface area (Å²) in [5, 5.41) is 22.9. The van der Waals surface area contributed by atoms with Gasteiger partial charge < -0.3 is 21.0 Å². The second kappa shape index (κ2) is 9.40. The number of pyridine rings is 1. The van der Waals surface area contributed by atoms with E-state index >= 15 is 0 Å². The van der Waals surface area contributed by atoms with Crippen LogP contribution in [-0.4, -0.2) is 42.9 Å². The molecule has 0 radical (unpaired) electrons. The third-order valence-electron chi connectivity index (χ3n) is 4.64. The third kappa shape index (κ3) is 4.83. The van der Waals surface area contributed by atoms with Gasteiger partial charge in [0.05, 0.1) is 34.4 Å². The van der Waals surface area contributed by atoms with Crippen molar-refractivity contribution >= 4 is 17.3 Å². The fourth-order valence-corrected chi connectivity index (χ4v) is 3.07. The summed E-state index contributed by atoms with van der Waals surface area (Å²) in [6.07, 6.45) is 5.14. The molecule has 0 aliphatic carbocycles. The van der Waals surface area contributed by atoms with Crippen molar-refractivity contribution in [1.29, 1.82) is 5.26 Å². The second-order valence-corrected chi connectivity index (χ2v) is 6.78. The minimum Gasteiger partial charge on any atom is -0.378 e. The Labute approximate surface area is 187 Å². The Morgan fingerprint density at radius 2 is 2.00 bits per heavy atom. The quantitative estimate of drug-likeness (QED) is 0.190. The van der Waals surface area contributed by atoms with Gasteiger partial charge in [-0.1, -0.05) is 12.1 Å². The van der Waals surface area contributed by atoms with Crippen molar-refractivity contribution in [2.45, 2.75) is 0 Å². The maximum atomic E-state index is 10.8. The maximum absolute atomic E-state index is 10.8. The van der Waals surface area contributed by atoms with Gasteiger partial charge in [0.25, 0.3) is 0 Å². The van der Waals surface area contributed by atoms with Crippen LogP contribution in [0.25, 0.3) is 22.6 Å². The van der Waals surface area contributed by atoms with Crippen LogP contribution in [0.2, 0.25) is 0 Å². The van der Waals surface area contributed by atoms with Gasteiger partial charge in [-0.2, -0.15) is 5.26 Å². The molecule has 164 valence electrons. The lowest BCUT2D eigenvalue weighted by Crippen LogP contribution is -2.17. The molecule has 3 aromatic heterocycles. The highest BCUT2D eigenvalue weighted by atomic mass is 16.6. The zero-order chi connectivity index (χ0) is 23.2. The van der Waals surface area contributed by atoms with Gasteiger partial charge in [-0.15, -0.1) is 0 Å². The van der Waals surface area contributed by atoms with Crippen molar-refractivity contribution in [2.24, 2.45) is 4.99 Å². The SMILES string of the molecule is N#Cc1ccc(-c2nc(=NCCNc3ccc([N+](=O)[O-])c(N)n3)[nH]cc2-c2ncc[nH]2)cc1. The third-order valence-corrected chi connectivity index (χ3v) is 4.64. The smallest absolute Gasteiger partial charge is 0.311 e. The highest BCUT2D eigenvalue weighted by Crippen LogP contribution is 2.26. The van der Waals surface area contributed by atoms with E-state index in [1.165, 1.54) is 12.1 Å². The van der Waals surface area contributed by atoms with Crippen LogP contribution in [0, 0.1) is 21.4 Å². The van der Waals surface area contributed by atoms with Gasteiger partial charge >= 0.3 is 5.69 Å². The number of nitrogens with two attached hydrogens (primary N) is 1. The van der Waals surface area contributed by atoms with Crippen molar-refractivity contribution in [3.05, 3.63) is 76.3 Å². The molecule has 0 atom stereocenters. The number of aromatic nitrogens is 5.